The van der Waals surface area contributed by atoms with E-state index in [-0.39, 0.29) is 18.1 Å². The third kappa shape index (κ3) is 4.90. The van der Waals surface area contributed by atoms with Gasteiger partial charge in [-0.25, -0.2) is 9.59 Å². The molecule has 10 heteroatoms. The second-order valence-electron chi connectivity index (χ2n) is 7.98. The van der Waals surface area contributed by atoms with Crippen LogP contribution in [0, 0.1) is 0 Å². The number of amides is 2. The topological polar surface area (TPSA) is 105 Å². The molecule has 0 saturated carbocycles. The molecule has 1 aliphatic rings. The second kappa shape index (κ2) is 9.58. The summed E-state index contributed by atoms with van der Waals surface area (Å²) in [5, 5.41) is 12.4. The van der Waals surface area contributed by atoms with E-state index < -0.39 is 36.2 Å². The van der Waals surface area contributed by atoms with Crippen LogP contribution in [0.2, 0.25) is 0 Å². The molecule has 3 N–H and O–H groups in total. The van der Waals surface area contributed by atoms with Gasteiger partial charge in [-0.1, -0.05) is 54.6 Å². The van der Waals surface area contributed by atoms with Crippen molar-refractivity contribution >= 4 is 18.0 Å². The number of halogens is 3. The van der Waals surface area contributed by atoms with Crippen LogP contribution in [-0.4, -0.2) is 47.9 Å². The zero-order chi connectivity index (χ0) is 25.1. The van der Waals surface area contributed by atoms with Crippen molar-refractivity contribution in [2.24, 2.45) is 0 Å². The zero-order valence-electron chi connectivity index (χ0n) is 18.4. The first kappa shape index (κ1) is 24.8. The van der Waals surface area contributed by atoms with Crippen LogP contribution in [0.5, 0.6) is 0 Å². The number of carboxylic acids is 1. The molecule has 0 heterocycles. The number of aliphatic carboxylic acids is 1. The van der Waals surface area contributed by atoms with Crippen LogP contribution < -0.4 is 10.6 Å². The molecule has 2 amide bonds. The number of ether oxygens (including phenoxy) is 1. The van der Waals surface area contributed by atoms with Crippen LogP contribution in [-0.2, 0) is 14.3 Å². The number of alkyl halides is 3. The number of nitrogens with one attached hydrogen (secondary N) is 2. The van der Waals surface area contributed by atoms with E-state index in [0.29, 0.717) is 6.92 Å². The normalized spacial score (nSPS) is 15.0. The van der Waals surface area contributed by atoms with Gasteiger partial charge < -0.3 is 15.2 Å². The van der Waals surface area contributed by atoms with Crippen molar-refractivity contribution in [2.75, 3.05) is 13.2 Å². The summed E-state index contributed by atoms with van der Waals surface area (Å²) in [4.78, 5) is 35.4. The fourth-order valence-electron chi connectivity index (χ4n) is 3.66. The van der Waals surface area contributed by atoms with E-state index in [4.69, 9.17) is 9.84 Å². The van der Waals surface area contributed by atoms with Crippen LogP contribution in [0.4, 0.5) is 18.0 Å². The number of carbonyl (C=O) groups excluding carboxylic acids is 2. The zero-order valence-corrected chi connectivity index (χ0v) is 18.4. The highest BCUT2D eigenvalue weighted by Gasteiger charge is 2.58. The lowest BCUT2D eigenvalue weighted by molar-refractivity contribution is -0.194. The van der Waals surface area contributed by atoms with E-state index in [2.05, 4.69) is 0 Å². The van der Waals surface area contributed by atoms with Crippen LogP contribution in [0.25, 0.3) is 11.1 Å². The van der Waals surface area contributed by atoms with E-state index in [0.717, 1.165) is 28.3 Å². The molecule has 0 spiro atoms. The maximum atomic E-state index is 13.7. The molecule has 1 unspecified atom stereocenters. The van der Waals surface area contributed by atoms with Gasteiger partial charge in [-0.2, -0.15) is 13.2 Å². The van der Waals surface area contributed by atoms with E-state index in [9.17, 15) is 27.6 Å². The SMILES string of the molecule is C/C(=C\CNC(=O)C(C)(NC(=O)OCC1c2ccccc2-c2ccccc21)C(F)(F)F)C(=O)O. The molecule has 180 valence electrons. The Kier molecular flexibility index (Phi) is 6.99. The molecule has 2 aromatic rings. The monoisotopic (exact) mass is 476 g/mol. The predicted octanol–water partition coefficient (Wildman–Crippen LogP) is 3.99. The Labute approximate surface area is 193 Å². The number of fused-ring (bicyclic) bond motifs is 3. The van der Waals surface area contributed by atoms with Crippen molar-refractivity contribution < 1.29 is 37.4 Å². The van der Waals surface area contributed by atoms with Gasteiger partial charge in [-0.05, 0) is 36.1 Å². The minimum atomic E-state index is -5.14. The van der Waals surface area contributed by atoms with E-state index in [1.165, 1.54) is 6.92 Å². The van der Waals surface area contributed by atoms with Crippen LogP contribution in [0.15, 0.2) is 60.2 Å². The molecule has 0 saturated heterocycles. The molecular weight excluding hydrogens is 453 g/mol. The summed E-state index contributed by atoms with van der Waals surface area (Å²) in [5.74, 6) is -3.19. The molecule has 0 aromatic heterocycles. The first-order valence-corrected chi connectivity index (χ1v) is 10.3. The molecule has 0 aliphatic heterocycles. The molecular formula is C24H23F3N2O5. The highest BCUT2D eigenvalue weighted by Crippen LogP contribution is 2.44. The standard InChI is InChI=1S/C24H23F3N2O5/c1-14(20(30)31)11-12-28-21(32)23(2,24(25,26)27)29-22(33)34-13-19-17-9-5-3-7-15(17)16-8-4-6-10-18(16)19/h3-11,19H,12-13H2,1-2H3,(H,28,32)(H,29,33)(H,30,31)/b14-11+. The minimum Gasteiger partial charge on any atom is -0.478 e. The second-order valence-corrected chi connectivity index (χ2v) is 7.98. The highest BCUT2D eigenvalue weighted by molar-refractivity contribution is 5.91. The lowest BCUT2D eigenvalue weighted by atomic mass is 9.98. The average Bonchev–Trinajstić information content (AvgIpc) is 3.10. The smallest absolute Gasteiger partial charge is 0.420 e. The van der Waals surface area contributed by atoms with Crippen LogP contribution in [0.1, 0.15) is 30.9 Å². The summed E-state index contributed by atoms with van der Waals surface area (Å²) < 4.78 is 46.3. The third-order valence-electron chi connectivity index (χ3n) is 5.73. The van der Waals surface area contributed by atoms with Crippen LogP contribution in [0.3, 0.4) is 0 Å². The van der Waals surface area contributed by atoms with Crippen LogP contribution >= 0.6 is 0 Å². The maximum Gasteiger partial charge on any atom is 0.420 e. The van der Waals surface area contributed by atoms with Gasteiger partial charge in [-0.15, -0.1) is 0 Å². The number of alkyl carbamates (subject to hydrolysis) is 1. The quantitative estimate of drug-likeness (QED) is 0.524. The van der Waals surface area contributed by atoms with Gasteiger partial charge in [0.15, 0.2) is 0 Å². The fraction of sp³-hybridized carbons (Fsp3) is 0.292. The molecule has 34 heavy (non-hydrogen) atoms. The van der Waals surface area contributed by atoms with E-state index in [1.54, 1.807) is 5.32 Å². The average molecular weight is 476 g/mol. The van der Waals surface area contributed by atoms with Gasteiger partial charge in [-0.3, -0.25) is 10.1 Å². The molecule has 7 nitrogen and oxygen atoms in total. The lowest BCUT2D eigenvalue weighted by Crippen LogP contribution is -2.65. The van der Waals surface area contributed by atoms with Crippen molar-refractivity contribution in [2.45, 2.75) is 31.5 Å². The Bertz CT molecular complexity index is 1100. The molecule has 3 rings (SSSR count). The van der Waals surface area contributed by atoms with Crippen molar-refractivity contribution in [3.8, 4) is 11.1 Å². The largest absolute Gasteiger partial charge is 0.478 e. The Balaban J connectivity index is 1.71. The molecule has 0 fully saturated rings. The lowest BCUT2D eigenvalue weighted by Gasteiger charge is -2.31. The summed E-state index contributed by atoms with van der Waals surface area (Å²) in [6, 6.07) is 14.9. The third-order valence-corrected chi connectivity index (χ3v) is 5.73. The van der Waals surface area contributed by atoms with Crippen molar-refractivity contribution in [3.63, 3.8) is 0 Å². The summed E-state index contributed by atoms with van der Waals surface area (Å²) in [6.45, 7) is 1.05. The summed E-state index contributed by atoms with van der Waals surface area (Å²) >= 11 is 0. The van der Waals surface area contributed by atoms with Crippen molar-refractivity contribution in [1.29, 1.82) is 0 Å². The Morgan fingerprint density at radius 3 is 2.06 bits per heavy atom. The van der Waals surface area contributed by atoms with Gasteiger partial charge >= 0.3 is 18.2 Å². The fourth-order valence-corrected chi connectivity index (χ4v) is 3.66. The number of rotatable bonds is 7. The molecule has 1 atom stereocenters. The van der Waals surface area contributed by atoms with Gasteiger partial charge in [0.2, 0.25) is 5.54 Å². The summed E-state index contributed by atoms with van der Waals surface area (Å²) in [6.07, 6.45) is -5.51. The van der Waals surface area contributed by atoms with Gasteiger partial charge in [0.1, 0.15) is 6.61 Å². The number of carbonyl (C=O) groups is 3. The Morgan fingerprint density at radius 1 is 1.03 bits per heavy atom. The summed E-state index contributed by atoms with van der Waals surface area (Å²) in [7, 11) is 0. The molecule has 2 aromatic carbocycles. The number of hydrogen-bond donors (Lipinski definition) is 3. The van der Waals surface area contributed by atoms with Crippen molar-refractivity contribution in [1.82, 2.24) is 10.6 Å². The van der Waals surface area contributed by atoms with Crippen molar-refractivity contribution in [3.05, 3.63) is 71.3 Å². The Morgan fingerprint density at radius 2 is 1.56 bits per heavy atom. The first-order valence-electron chi connectivity index (χ1n) is 10.3. The molecule has 0 bridgehead atoms. The van der Waals surface area contributed by atoms with Gasteiger partial charge in [0, 0.05) is 18.0 Å². The maximum absolute atomic E-state index is 13.7. The number of hydrogen-bond acceptors (Lipinski definition) is 4. The Hall–Kier alpha value is -3.82. The molecule has 0 radical (unpaired) electrons. The van der Waals surface area contributed by atoms with Gasteiger partial charge in [0.05, 0.1) is 0 Å². The first-order chi connectivity index (χ1) is 16.0. The number of carboxylic acid groups (broad SMARTS) is 1. The highest BCUT2D eigenvalue weighted by atomic mass is 19.4. The predicted molar refractivity (Wildman–Crippen MR) is 117 cm³/mol. The number of benzene rings is 2. The van der Waals surface area contributed by atoms with E-state index in [1.807, 2.05) is 53.8 Å². The molecule has 1 aliphatic carbocycles. The minimum absolute atomic E-state index is 0.154. The van der Waals surface area contributed by atoms with Gasteiger partial charge in [0.25, 0.3) is 5.91 Å². The summed E-state index contributed by atoms with van der Waals surface area (Å²) in [5.41, 5.74) is 0.230. The van der Waals surface area contributed by atoms with E-state index >= 15 is 0 Å².